The summed E-state index contributed by atoms with van der Waals surface area (Å²) in [6.07, 6.45) is 3.11. The monoisotopic (exact) mass is 347 g/mol. The number of hydrogen-bond acceptors (Lipinski definition) is 4. The number of aromatic nitrogens is 2. The lowest BCUT2D eigenvalue weighted by atomic mass is 10.1. The molecule has 1 amide bonds. The van der Waals surface area contributed by atoms with Crippen LogP contribution in [0.3, 0.4) is 0 Å². The molecule has 3 aromatic rings. The molecule has 2 heterocycles. The number of nitrogens with one attached hydrogen (secondary N) is 1. The summed E-state index contributed by atoms with van der Waals surface area (Å²) in [7, 11) is 0. The maximum absolute atomic E-state index is 14.0. The third-order valence-corrected chi connectivity index (χ3v) is 4.96. The number of halogens is 2. The first-order valence-electron chi connectivity index (χ1n) is 7.13. The summed E-state index contributed by atoms with van der Waals surface area (Å²) in [4.78, 5) is 20.6. The second-order valence-electron chi connectivity index (χ2n) is 5.41. The molecule has 4 nitrogen and oxygen atoms in total. The summed E-state index contributed by atoms with van der Waals surface area (Å²) in [5.74, 6) is -0.631. The van der Waals surface area contributed by atoms with E-state index in [0.717, 1.165) is 29.1 Å². The molecule has 0 spiro atoms. The summed E-state index contributed by atoms with van der Waals surface area (Å²) in [6, 6.07) is 7.57. The zero-order chi connectivity index (χ0) is 16.0. The molecule has 1 saturated carbocycles. The van der Waals surface area contributed by atoms with E-state index in [9.17, 15) is 9.18 Å². The molecule has 1 aromatic carbocycles. The first kappa shape index (κ1) is 14.5. The van der Waals surface area contributed by atoms with E-state index in [0.29, 0.717) is 10.4 Å². The van der Waals surface area contributed by atoms with E-state index in [1.165, 1.54) is 11.3 Å². The minimum absolute atomic E-state index is 0.00874. The van der Waals surface area contributed by atoms with Crippen molar-refractivity contribution in [1.82, 2.24) is 15.3 Å². The Morgan fingerprint density at radius 2 is 2.22 bits per heavy atom. The van der Waals surface area contributed by atoms with Crippen LogP contribution in [-0.4, -0.2) is 21.9 Å². The van der Waals surface area contributed by atoms with Gasteiger partial charge in [0.05, 0.1) is 11.1 Å². The number of carbonyl (C=O) groups excluding carboxylic acids is 1. The summed E-state index contributed by atoms with van der Waals surface area (Å²) < 4.78 is 14.9. The Balaban J connectivity index is 1.81. The number of rotatable bonds is 3. The predicted molar refractivity (Wildman–Crippen MR) is 88.3 cm³/mol. The van der Waals surface area contributed by atoms with Crippen LogP contribution < -0.4 is 5.32 Å². The Hall–Kier alpha value is -2.05. The van der Waals surface area contributed by atoms with Crippen molar-refractivity contribution in [1.29, 1.82) is 0 Å². The van der Waals surface area contributed by atoms with Crippen molar-refractivity contribution in [2.75, 3.05) is 0 Å². The fraction of sp³-hybridized carbons (Fsp3) is 0.188. The van der Waals surface area contributed by atoms with E-state index in [-0.39, 0.29) is 22.9 Å². The number of hydrogen-bond donors (Lipinski definition) is 1. The third-order valence-electron chi connectivity index (χ3n) is 3.67. The largest absolute Gasteiger partial charge is 0.349 e. The van der Waals surface area contributed by atoms with Gasteiger partial charge in [0.25, 0.3) is 5.91 Å². The van der Waals surface area contributed by atoms with Gasteiger partial charge < -0.3 is 5.32 Å². The fourth-order valence-electron chi connectivity index (χ4n) is 2.38. The number of fused-ring (bicyclic) bond motifs is 1. The smallest absolute Gasteiger partial charge is 0.252 e. The van der Waals surface area contributed by atoms with E-state index in [1.54, 1.807) is 12.1 Å². The molecule has 4 rings (SSSR count). The summed E-state index contributed by atoms with van der Waals surface area (Å²) in [5.41, 5.74) is 0.747. The van der Waals surface area contributed by atoms with Crippen LogP contribution in [0.2, 0.25) is 5.28 Å². The normalized spacial score (nSPS) is 14.2. The highest BCUT2D eigenvalue weighted by atomic mass is 35.5. The van der Waals surface area contributed by atoms with E-state index in [4.69, 9.17) is 11.6 Å². The van der Waals surface area contributed by atoms with E-state index >= 15 is 0 Å². The van der Waals surface area contributed by atoms with Crippen molar-refractivity contribution < 1.29 is 9.18 Å². The molecular formula is C16H11ClFN3OS. The summed E-state index contributed by atoms with van der Waals surface area (Å²) in [5, 5.41) is 3.76. The molecule has 0 radical (unpaired) electrons. The van der Waals surface area contributed by atoms with Crippen LogP contribution in [0.4, 0.5) is 4.39 Å². The van der Waals surface area contributed by atoms with Crippen LogP contribution in [0.5, 0.6) is 0 Å². The zero-order valence-corrected chi connectivity index (χ0v) is 13.4. The van der Waals surface area contributed by atoms with Gasteiger partial charge in [-0.1, -0.05) is 6.07 Å². The van der Waals surface area contributed by atoms with E-state index in [2.05, 4.69) is 15.3 Å². The van der Waals surface area contributed by atoms with Crippen LogP contribution in [0.1, 0.15) is 23.2 Å². The quantitative estimate of drug-likeness (QED) is 0.727. The van der Waals surface area contributed by atoms with Gasteiger partial charge in [0.1, 0.15) is 5.69 Å². The molecule has 1 N–H and O–H groups in total. The van der Waals surface area contributed by atoms with Gasteiger partial charge in [-0.05, 0) is 42.6 Å². The number of carbonyl (C=O) groups is 1. The van der Waals surface area contributed by atoms with E-state index < -0.39 is 5.82 Å². The van der Waals surface area contributed by atoms with Gasteiger partial charge in [-0.15, -0.1) is 11.3 Å². The van der Waals surface area contributed by atoms with Crippen LogP contribution in [-0.2, 0) is 0 Å². The highest BCUT2D eigenvalue weighted by molar-refractivity contribution is 7.22. The first-order valence-corrected chi connectivity index (χ1v) is 8.33. The van der Waals surface area contributed by atoms with Crippen molar-refractivity contribution in [2.24, 2.45) is 0 Å². The minimum Gasteiger partial charge on any atom is -0.349 e. The molecule has 7 heteroatoms. The average Bonchev–Trinajstić information content (AvgIpc) is 3.24. The van der Waals surface area contributed by atoms with Crippen molar-refractivity contribution in [3.05, 3.63) is 47.1 Å². The number of amides is 1. The second-order valence-corrected chi connectivity index (χ2v) is 6.83. The molecule has 1 fully saturated rings. The van der Waals surface area contributed by atoms with Crippen molar-refractivity contribution in [3.63, 3.8) is 0 Å². The third kappa shape index (κ3) is 2.80. The Morgan fingerprint density at radius 1 is 1.39 bits per heavy atom. The minimum atomic E-state index is -0.537. The molecule has 0 saturated heterocycles. The van der Waals surface area contributed by atoms with Crippen molar-refractivity contribution in [2.45, 2.75) is 18.9 Å². The average molecular weight is 348 g/mol. The molecule has 1 aliphatic carbocycles. The van der Waals surface area contributed by atoms with Gasteiger partial charge >= 0.3 is 0 Å². The molecule has 0 aliphatic heterocycles. The molecule has 0 bridgehead atoms. The van der Waals surface area contributed by atoms with Crippen LogP contribution >= 0.6 is 22.9 Å². The Kier molecular flexibility index (Phi) is 3.50. The lowest BCUT2D eigenvalue weighted by molar-refractivity contribution is 0.0953. The van der Waals surface area contributed by atoms with Crippen LogP contribution in [0.15, 0.2) is 30.5 Å². The second kappa shape index (κ2) is 5.54. The molecular weight excluding hydrogens is 337 g/mol. The molecule has 0 atom stereocenters. The standard InChI is InChI=1S/C16H11ClFN3OS/c17-16-19-7-11(18)14(21-16)13-6-10-9(2-1-3-12(10)23-13)15(22)20-8-4-5-8/h1-3,6-8H,4-5H2,(H,20,22). The molecule has 2 aromatic heterocycles. The maximum atomic E-state index is 14.0. The fourth-order valence-corrected chi connectivity index (χ4v) is 3.60. The summed E-state index contributed by atoms with van der Waals surface area (Å²) in [6.45, 7) is 0. The maximum Gasteiger partial charge on any atom is 0.252 e. The van der Waals surface area contributed by atoms with Gasteiger partial charge in [0, 0.05) is 21.7 Å². The van der Waals surface area contributed by atoms with Crippen molar-refractivity contribution >= 4 is 38.9 Å². The van der Waals surface area contributed by atoms with Crippen LogP contribution in [0.25, 0.3) is 20.7 Å². The molecule has 1 aliphatic rings. The highest BCUT2D eigenvalue weighted by Gasteiger charge is 2.25. The molecule has 116 valence electrons. The lowest BCUT2D eigenvalue weighted by Crippen LogP contribution is -2.25. The van der Waals surface area contributed by atoms with Gasteiger partial charge in [-0.25, -0.2) is 14.4 Å². The van der Waals surface area contributed by atoms with Crippen molar-refractivity contribution in [3.8, 4) is 10.6 Å². The number of nitrogens with zero attached hydrogens (tertiary/aromatic N) is 2. The SMILES string of the molecule is O=C(NC1CC1)c1cccc2sc(-c3nc(Cl)ncc3F)cc12. The highest BCUT2D eigenvalue weighted by Crippen LogP contribution is 2.35. The van der Waals surface area contributed by atoms with Crippen LogP contribution in [0, 0.1) is 5.82 Å². The zero-order valence-electron chi connectivity index (χ0n) is 11.8. The Bertz CT molecular complexity index is 923. The number of thiophene rings is 1. The molecule has 0 unspecified atom stereocenters. The summed E-state index contributed by atoms with van der Waals surface area (Å²) >= 11 is 7.13. The number of benzene rings is 1. The van der Waals surface area contributed by atoms with Gasteiger partial charge in [-0.2, -0.15) is 0 Å². The topological polar surface area (TPSA) is 54.9 Å². The van der Waals surface area contributed by atoms with Gasteiger partial charge in [0.15, 0.2) is 5.82 Å². The van der Waals surface area contributed by atoms with Gasteiger partial charge in [-0.3, -0.25) is 4.79 Å². The van der Waals surface area contributed by atoms with E-state index in [1.807, 2.05) is 12.1 Å². The molecule has 23 heavy (non-hydrogen) atoms. The Morgan fingerprint density at radius 3 is 3.00 bits per heavy atom. The Labute approximate surface area is 140 Å². The first-order chi connectivity index (χ1) is 11.1. The van der Waals surface area contributed by atoms with Gasteiger partial charge in [0.2, 0.25) is 5.28 Å². The predicted octanol–water partition coefficient (Wildman–Crippen LogP) is 4.04. The lowest BCUT2D eigenvalue weighted by Gasteiger charge is -2.04.